The average molecular weight is 355 g/mol. The summed E-state index contributed by atoms with van der Waals surface area (Å²) in [7, 11) is -2.67. The first-order valence-corrected chi connectivity index (χ1v) is 9.87. The van der Waals surface area contributed by atoms with Gasteiger partial charge in [0.15, 0.2) is 11.1 Å². The molecule has 0 bridgehead atoms. The number of hydrogen-bond donors (Lipinski definition) is 1. The zero-order valence-corrected chi connectivity index (χ0v) is 16.1. The lowest BCUT2D eigenvalue weighted by Crippen LogP contribution is -2.67. The summed E-state index contributed by atoms with van der Waals surface area (Å²) in [5.74, 6) is -0.485. The second kappa shape index (κ2) is 6.39. The molecule has 0 spiro atoms. The highest BCUT2D eigenvalue weighted by molar-refractivity contribution is 6.73. The van der Waals surface area contributed by atoms with Crippen LogP contribution in [0.25, 0.3) is 4.98 Å². The number of diazo groups is 1. The van der Waals surface area contributed by atoms with Gasteiger partial charge in [-0.1, -0.05) is 41.5 Å². The highest BCUT2D eigenvalue weighted by Gasteiger charge is 2.63. The van der Waals surface area contributed by atoms with Crippen LogP contribution in [0.1, 0.15) is 41.5 Å². The number of rotatable bonds is 2. The predicted molar refractivity (Wildman–Crippen MR) is 90.7 cm³/mol. The molecule has 3 atom stereocenters. The lowest BCUT2D eigenvalue weighted by molar-refractivity contribution is -0.136. The number of aliphatic hydroxyl groups excluding tert-OH is 1. The van der Waals surface area contributed by atoms with Crippen LogP contribution in [0.15, 0.2) is 24.5 Å². The van der Waals surface area contributed by atoms with Gasteiger partial charge in [0.2, 0.25) is 5.39 Å². The van der Waals surface area contributed by atoms with Gasteiger partial charge in [-0.2, -0.15) is 0 Å². The van der Waals surface area contributed by atoms with Crippen LogP contribution in [-0.4, -0.2) is 38.6 Å². The molecular formula is C16H27N2O5Si+. The van der Waals surface area contributed by atoms with Crippen LogP contribution in [0.2, 0.25) is 10.1 Å². The largest absolute Gasteiger partial charge is 0.493 e. The molecule has 0 aromatic rings. The summed E-state index contributed by atoms with van der Waals surface area (Å²) in [5.41, 5.74) is 0. The Morgan fingerprint density at radius 3 is 2.46 bits per heavy atom. The van der Waals surface area contributed by atoms with Crippen LogP contribution < -0.4 is 0 Å². The molecule has 0 radical (unpaired) electrons. The normalized spacial score (nSPS) is 30.0. The molecule has 7 nitrogen and oxygen atoms in total. The molecule has 1 fully saturated rings. The lowest BCUT2D eigenvalue weighted by Gasteiger charge is -2.55. The van der Waals surface area contributed by atoms with E-state index in [4.69, 9.17) is 23.7 Å². The van der Waals surface area contributed by atoms with Crippen molar-refractivity contribution in [3.8, 4) is 0 Å². The van der Waals surface area contributed by atoms with Crippen LogP contribution in [0.4, 0.5) is 0 Å². The van der Waals surface area contributed by atoms with Gasteiger partial charge in [0.25, 0.3) is 0 Å². The van der Waals surface area contributed by atoms with Crippen LogP contribution in [0, 0.1) is 5.39 Å². The topological polar surface area (TPSA) is 85.3 Å². The molecule has 2 aliphatic rings. The van der Waals surface area contributed by atoms with Gasteiger partial charge in [0.05, 0.1) is 12.9 Å². The summed E-state index contributed by atoms with van der Waals surface area (Å²) in [6, 6.07) is 0. The summed E-state index contributed by atoms with van der Waals surface area (Å²) in [6.45, 7) is 13.2. The number of aliphatic hydroxyl groups is 1. The fraction of sp³-hybridized carbons (Fsp3) is 0.750. The minimum Gasteiger partial charge on any atom is -0.493 e. The van der Waals surface area contributed by atoms with Gasteiger partial charge in [-0.15, -0.1) is 0 Å². The van der Waals surface area contributed by atoms with Crippen molar-refractivity contribution in [3.05, 3.63) is 29.5 Å². The van der Waals surface area contributed by atoms with E-state index < -0.39 is 26.7 Å². The van der Waals surface area contributed by atoms with Crippen molar-refractivity contribution in [2.45, 2.75) is 69.9 Å². The van der Waals surface area contributed by atoms with E-state index in [1.54, 1.807) is 6.08 Å². The van der Waals surface area contributed by atoms with E-state index in [9.17, 15) is 5.11 Å². The minimum absolute atomic E-state index is 0.166. The Hall–Kier alpha value is -1.56. The van der Waals surface area contributed by atoms with Crippen molar-refractivity contribution in [1.82, 2.24) is 0 Å². The van der Waals surface area contributed by atoms with E-state index in [1.165, 1.54) is 6.26 Å². The van der Waals surface area contributed by atoms with E-state index in [2.05, 4.69) is 46.5 Å². The first-order valence-electron chi connectivity index (χ1n) is 8.06. The zero-order valence-electron chi connectivity index (χ0n) is 15.1. The first kappa shape index (κ1) is 18.8. The molecule has 8 heteroatoms. The molecule has 1 N–H and O–H groups in total. The summed E-state index contributed by atoms with van der Waals surface area (Å²) in [6.07, 6.45) is 2.74. The highest BCUT2D eigenvalue weighted by Crippen LogP contribution is 2.54. The summed E-state index contributed by atoms with van der Waals surface area (Å²) in [5, 5.41) is 17.9. The molecule has 24 heavy (non-hydrogen) atoms. The highest BCUT2D eigenvalue weighted by atomic mass is 28.4. The van der Waals surface area contributed by atoms with Gasteiger partial charge < -0.3 is 23.4 Å². The molecule has 0 aromatic heterocycles. The van der Waals surface area contributed by atoms with Gasteiger partial charge in [-0.25, -0.2) is 0 Å². The van der Waals surface area contributed by atoms with Gasteiger partial charge in [0.1, 0.15) is 12.2 Å². The average Bonchev–Trinajstić information content (AvgIpc) is 2.45. The molecule has 1 saturated heterocycles. The second-order valence-corrected chi connectivity index (χ2v) is 12.9. The first-order chi connectivity index (χ1) is 11.0. The maximum absolute atomic E-state index is 9.68. The van der Waals surface area contributed by atoms with E-state index in [0.29, 0.717) is 6.61 Å². The Bertz CT molecular complexity index is 556. The molecule has 0 saturated carbocycles. The Balaban J connectivity index is 2.34. The van der Waals surface area contributed by atoms with Crippen LogP contribution in [0.5, 0.6) is 0 Å². The van der Waals surface area contributed by atoms with E-state index >= 15 is 0 Å². The third kappa shape index (κ3) is 3.29. The minimum atomic E-state index is -2.67. The van der Waals surface area contributed by atoms with Gasteiger partial charge in [-0.05, 0) is 6.08 Å². The Morgan fingerprint density at radius 1 is 1.29 bits per heavy atom. The third-order valence-electron chi connectivity index (χ3n) is 4.36. The van der Waals surface area contributed by atoms with E-state index in [0.717, 1.165) is 6.20 Å². The van der Waals surface area contributed by atoms with E-state index in [1.807, 2.05) is 0 Å². The molecule has 0 unspecified atom stereocenters. The predicted octanol–water partition coefficient (Wildman–Crippen LogP) is 3.95. The van der Waals surface area contributed by atoms with E-state index in [-0.39, 0.29) is 16.2 Å². The van der Waals surface area contributed by atoms with Gasteiger partial charge in [-0.3, -0.25) is 0 Å². The van der Waals surface area contributed by atoms with Crippen molar-refractivity contribution in [2.24, 2.45) is 0 Å². The molecule has 0 aromatic carbocycles. The SMILES string of the molecule is CC(C)(C)[Si]1(C(C)(C)C)OC[C@H]2OC=C[C@@H](O/C(O)=C/[N+]#N)[C@@H]2O1. The summed E-state index contributed by atoms with van der Waals surface area (Å²) in [4.78, 5) is 2.76. The Morgan fingerprint density at radius 2 is 1.92 bits per heavy atom. The fourth-order valence-electron chi connectivity index (χ4n) is 3.56. The number of fused-ring (bicyclic) bond motifs is 1. The van der Waals surface area contributed by atoms with Crippen molar-refractivity contribution in [2.75, 3.05) is 6.61 Å². The number of ether oxygens (including phenoxy) is 2. The van der Waals surface area contributed by atoms with Crippen molar-refractivity contribution in [3.63, 3.8) is 0 Å². The fourth-order valence-corrected chi connectivity index (χ4v) is 8.52. The van der Waals surface area contributed by atoms with Crippen LogP contribution in [0.3, 0.4) is 0 Å². The smallest absolute Gasteiger partial charge is 0.429 e. The maximum atomic E-state index is 9.68. The standard InChI is InChI=1S/C16H26N2O5Si/c1-15(2,3)24(16(4,5)6)21-10-12-14(23-24)11(7-8-20-12)22-13(19)9-18-17/h7-9,11-12,14H,10H2,1-6H3/p+1/b13-9+/t11-,12-,14+/m1/s1. The summed E-state index contributed by atoms with van der Waals surface area (Å²) < 4.78 is 24.0. The monoisotopic (exact) mass is 355 g/mol. The van der Waals surface area contributed by atoms with Gasteiger partial charge >= 0.3 is 20.7 Å². The van der Waals surface area contributed by atoms with Crippen LogP contribution >= 0.6 is 0 Å². The molecule has 0 amide bonds. The zero-order chi connectivity index (χ0) is 18.2. The van der Waals surface area contributed by atoms with Crippen molar-refractivity contribution in [1.29, 1.82) is 5.39 Å². The molecule has 2 heterocycles. The molecule has 2 rings (SSSR count). The maximum Gasteiger partial charge on any atom is 0.429 e. The Labute approximate surface area is 144 Å². The second-order valence-electron chi connectivity index (χ2n) is 8.18. The molecular weight excluding hydrogens is 328 g/mol. The summed E-state index contributed by atoms with van der Waals surface area (Å²) >= 11 is 0. The number of nitrogens with zero attached hydrogens (tertiary/aromatic N) is 2. The van der Waals surface area contributed by atoms with Crippen molar-refractivity contribution < 1.29 is 23.4 Å². The lowest BCUT2D eigenvalue weighted by atomic mass is 10.1. The van der Waals surface area contributed by atoms with Crippen molar-refractivity contribution >= 4 is 8.56 Å². The van der Waals surface area contributed by atoms with Gasteiger partial charge in [0, 0.05) is 10.1 Å². The third-order valence-corrected chi connectivity index (χ3v) is 9.49. The molecule has 134 valence electrons. The van der Waals surface area contributed by atoms with Crippen LogP contribution in [-0.2, 0) is 18.3 Å². The number of hydrogen-bond acceptors (Lipinski definition) is 6. The molecule has 2 aliphatic heterocycles. The quantitative estimate of drug-likeness (QED) is 0.458. The molecule has 0 aliphatic carbocycles. The Kier molecular flexibility index (Phi) is 5.00.